The molecule has 2 atom stereocenters. The number of carbonyl (C=O) groups excluding carboxylic acids is 2. The molecule has 0 aromatic heterocycles. The fraction of sp³-hybridized carbons (Fsp3) is 0.500. The van der Waals surface area contributed by atoms with Crippen LogP contribution in [0.4, 0.5) is 0 Å². The summed E-state index contributed by atoms with van der Waals surface area (Å²) in [6.07, 6.45) is 0.703. The van der Waals surface area contributed by atoms with Crippen LogP contribution in [0.5, 0.6) is 0 Å². The second-order valence-corrected chi connectivity index (χ2v) is 5.78. The van der Waals surface area contributed by atoms with Crippen LogP contribution in [0.25, 0.3) is 0 Å². The maximum absolute atomic E-state index is 12.1. The third-order valence-electron chi connectivity index (χ3n) is 3.67. The summed E-state index contributed by atoms with van der Waals surface area (Å²) in [6, 6.07) is 9.91. The summed E-state index contributed by atoms with van der Waals surface area (Å²) in [5, 5.41) is 5.61. The Labute approximate surface area is 131 Å². The molecule has 0 bridgehead atoms. The van der Waals surface area contributed by atoms with Gasteiger partial charge in [0.1, 0.15) is 6.04 Å². The zero-order chi connectivity index (χ0) is 15.9. The molecule has 1 aliphatic heterocycles. The largest absolute Gasteiger partial charge is 0.354 e. The number of amides is 2. The molecule has 0 aliphatic carbocycles. The molecule has 2 rings (SSSR count). The van der Waals surface area contributed by atoms with Crippen LogP contribution in [0.15, 0.2) is 30.3 Å². The summed E-state index contributed by atoms with van der Waals surface area (Å²) in [4.78, 5) is 23.5. The maximum Gasteiger partial charge on any atom is 0.238 e. The van der Waals surface area contributed by atoms with E-state index in [9.17, 15) is 9.59 Å². The number of hydrogen-bond acceptors (Lipinski definition) is 4. The van der Waals surface area contributed by atoms with E-state index in [-0.39, 0.29) is 29.8 Å². The molecule has 2 amide bonds. The Morgan fingerprint density at radius 3 is 2.50 bits per heavy atom. The smallest absolute Gasteiger partial charge is 0.238 e. The molecule has 2 unspecified atom stereocenters. The van der Waals surface area contributed by atoms with Crippen LogP contribution in [0.1, 0.15) is 31.9 Å². The van der Waals surface area contributed by atoms with E-state index < -0.39 is 0 Å². The minimum Gasteiger partial charge on any atom is -0.354 e. The predicted octanol–water partition coefficient (Wildman–Crippen LogP) is 0.483. The molecule has 6 heteroatoms. The molecule has 0 spiro atoms. The van der Waals surface area contributed by atoms with Gasteiger partial charge in [0.15, 0.2) is 0 Å². The highest BCUT2D eigenvalue weighted by atomic mass is 16.2. The quantitative estimate of drug-likeness (QED) is 0.576. The molecule has 1 aliphatic rings. The SMILES string of the molecule is CC(C)C(=O)NCCNC(=O)C1CC(c2ccccc2)NN1. The van der Waals surface area contributed by atoms with Crippen molar-refractivity contribution in [3.05, 3.63) is 35.9 Å². The zero-order valence-corrected chi connectivity index (χ0v) is 13.1. The Morgan fingerprint density at radius 2 is 1.82 bits per heavy atom. The topological polar surface area (TPSA) is 82.3 Å². The minimum atomic E-state index is -0.258. The van der Waals surface area contributed by atoms with E-state index in [0.717, 1.165) is 5.56 Å². The molecule has 6 nitrogen and oxygen atoms in total. The highest BCUT2D eigenvalue weighted by Crippen LogP contribution is 2.21. The Morgan fingerprint density at radius 1 is 1.14 bits per heavy atom. The van der Waals surface area contributed by atoms with E-state index in [1.54, 1.807) is 0 Å². The van der Waals surface area contributed by atoms with Gasteiger partial charge in [-0.25, -0.2) is 10.9 Å². The van der Waals surface area contributed by atoms with Gasteiger partial charge in [-0.15, -0.1) is 0 Å². The van der Waals surface area contributed by atoms with Gasteiger partial charge in [-0.3, -0.25) is 9.59 Å². The Hall–Kier alpha value is -1.92. The first kappa shape index (κ1) is 16.5. The maximum atomic E-state index is 12.1. The summed E-state index contributed by atoms with van der Waals surface area (Å²) < 4.78 is 0. The van der Waals surface area contributed by atoms with E-state index in [2.05, 4.69) is 21.5 Å². The number of hydrogen-bond donors (Lipinski definition) is 4. The molecule has 4 N–H and O–H groups in total. The molecule has 120 valence electrons. The number of rotatable bonds is 6. The standard InChI is InChI=1S/C16H24N4O2/c1-11(2)15(21)17-8-9-18-16(22)14-10-13(19-20-14)12-6-4-3-5-7-12/h3-7,11,13-14,19-20H,8-10H2,1-2H3,(H,17,21)(H,18,22). The number of hydrazine groups is 1. The van der Waals surface area contributed by atoms with Crippen molar-refractivity contribution < 1.29 is 9.59 Å². The van der Waals surface area contributed by atoms with Crippen LogP contribution in [0.2, 0.25) is 0 Å². The molecular weight excluding hydrogens is 280 g/mol. The average Bonchev–Trinajstić information content (AvgIpc) is 3.02. The fourth-order valence-corrected chi connectivity index (χ4v) is 2.33. The second-order valence-electron chi connectivity index (χ2n) is 5.78. The number of benzene rings is 1. The third kappa shape index (κ3) is 4.54. The van der Waals surface area contributed by atoms with Gasteiger partial charge in [0.25, 0.3) is 0 Å². The number of nitrogens with one attached hydrogen (secondary N) is 4. The van der Waals surface area contributed by atoms with Crippen molar-refractivity contribution in [3.63, 3.8) is 0 Å². The van der Waals surface area contributed by atoms with Crippen molar-refractivity contribution in [1.82, 2.24) is 21.5 Å². The first-order valence-electron chi connectivity index (χ1n) is 7.69. The summed E-state index contributed by atoms with van der Waals surface area (Å²) >= 11 is 0. The summed E-state index contributed by atoms with van der Waals surface area (Å²) in [5.74, 6) is -0.0909. The highest BCUT2D eigenvalue weighted by Gasteiger charge is 2.29. The first-order chi connectivity index (χ1) is 10.6. The van der Waals surface area contributed by atoms with Crippen molar-refractivity contribution >= 4 is 11.8 Å². The van der Waals surface area contributed by atoms with Crippen LogP contribution in [0.3, 0.4) is 0 Å². The zero-order valence-electron chi connectivity index (χ0n) is 13.1. The lowest BCUT2D eigenvalue weighted by Crippen LogP contribution is -2.45. The van der Waals surface area contributed by atoms with E-state index in [0.29, 0.717) is 19.5 Å². The van der Waals surface area contributed by atoms with Crippen molar-refractivity contribution in [2.45, 2.75) is 32.4 Å². The normalized spacial score (nSPS) is 20.9. The molecule has 0 radical (unpaired) electrons. The molecule has 1 saturated heterocycles. The Bertz CT molecular complexity index is 504. The Balaban J connectivity index is 1.70. The third-order valence-corrected chi connectivity index (χ3v) is 3.67. The van der Waals surface area contributed by atoms with Gasteiger partial charge in [-0.2, -0.15) is 0 Å². The molecule has 1 fully saturated rings. The van der Waals surface area contributed by atoms with Crippen LogP contribution in [-0.4, -0.2) is 30.9 Å². The van der Waals surface area contributed by atoms with E-state index in [1.807, 2.05) is 44.2 Å². The lowest BCUT2D eigenvalue weighted by atomic mass is 10.0. The molecule has 0 saturated carbocycles. The van der Waals surface area contributed by atoms with Crippen LogP contribution in [-0.2, 0) is 9.59 Å². The minimum absolute atomic E-state index is 0.000881. The molecule has 1 aromatic rings. The van der Waals surface area contributed by atoms with Gasteiger partial charge in [0.2, 0.25) is 11.8 Å². The number of carbonyl (C=O) groups is 2. The Kier molecular flexibility index (Phi) is 5.91. The summed E-state index contributed by atoms with van der Waals surface area (Å²) in [7, 11) is 0. The lowest BCUT2D eigenvalue weighted by molar-refractivity contribution is -0.125. The molecule has 22 heavy (non-hydrogen) atoms. The van der Waals surface area contributed by atoms with Gasteiger partial charge in [0.05, 0.1) is 0 Å². The monoisotopic (exact) mass is 304 g/mol. The van der Waals surface area contributed by atoms with Crippen LogP contribution >= 0.6 is 0 Å². The lowest BCUT2D eigenvalue weighted by Gasteiger charge is -2.12. The van der Waals surface area contributed by atoms with Crippen LogP contribution < -0.4 is 21.5 Å². The van der Waals surface area contributed by atoms with E-state index >= 15 is 0 Å². The van der Waals surface area contributed by atoms with Crippen molar-refractivity contribution in [2.24, 2.45) is 5.92 Å². The van der Waals surface area contributed by atoms with Gasteiger partial charge in [-0.05, 0) is 12.0 Å². The van der Waals surface area contributed by atoms with Gasteiger partial charge >= 0.3 is 0 Å². The molecular formula is C16H24N4O2. The van der Waals surface area contributed by atoms with Gasteiger partial charge in [-0.1, -0.05) is 44.2 Å². The first-order valence-corrected chi connectivity index (χ1v) is 7.69. The fourth-order valence-electron chi connectivity index (χ4n) is 2.33. The van der Waals surface area contributed by atoms with Crippen LogP contribution in [0, 0.1) is 5.92 Å². The second kappa shape index (κ2) is 7.91. The van der Waals surface area contributed by atoms with Crippen molar-refractivity contribution in [2.75, 3.05) is 13.1 Å². The predicted molar refractivity (Wildman–Crippen MR) is 84.7 cm³/mol. The molecule has 1 aromatic carbocycles. The van der Waals surface area contributed by atoms with E-state index in [1.165, 1.54) is 0 Å². The molecule has 1 heterocycles. The van der Waals surface area contributed by atoms with E-state index in [4.69, 9.17) is 0 Å². The highest BCUT2D eigenvalue weighted by molar-refractivity contribution is 5.82. The average molecular weight is 304 g/mol. The summed E-state index contributed by atoms with van der Waals surface area (Å²) in [6.45, 7) is 4.56. The summed E-state index contributed by atoms with van der Waals surface area (Å²) in [5.41, 5.74) is 7.33. The van der Waals surface area contributed by atoms with Gasteiger partial charge in [0, 0.05) is 25.0 Å². The van der Waals surface area contributed by atoms with Crippen molar-refractivity contribution in [3.8, 4) is 0 Å². The van der Waals surface area contributed by atoms with Crippen molar-refractivity contribution in [1.29, 1.82) is 0 Å². The van der Waals surface area contributed by atoms with Gasteiger partial charge < -0.3 is 10.6 Å².